The molecule has 5 nitrogen and oxygen atoms in total. The van der Waals surface area contributed by atoms with Crippen molar-refractivity contribution in [1.29, 1.82) is 0 Å². The maximum absolute atomic E-state index is 6.76. The number of benzene rings is 7. The van der Waals surface area contributed by atoms with Crippen LogP contribution in [0.15, 0.2) is 164 Å². The summed E-state index contributed by atoms with van der Waals surface area (Å²) in [5.74, 6) is 4.66. The molecule has 2 aliphatic rings. The van der Waals surface area contributed by atoms with Crippen LogP contribution in [0.2, 0.25) is 0 Å². The van der Waals surface area contributed by atoms with E-state index in [2.05, 4.69) is 111 Å². The Labute approximate surface area is 308 Å². The molecule has 2 heterocycles. The van der Waals surface area contributed by atoms with Crippen molar-refractivity contribution < 1.29 is 9.47 Å². The van der Waals surface area contributed by atoms with Crippen LogP contribution in [-0.2, 0) is 5.41 Å². The fourth-order valence-corrected chi connectivity index (χ4v) is 7.69. The van der Waals surface area contributed by atoms with Gasteiger partial charge in [0.25, 0.3) is 0 Å². The van der Waals surface area contributed by atoms with Gasteiger partial charge in [-0.3, -0.25) is 0 Å². The van der Waals surface area contributed by atoms with Crippen LogP contribution < -0.4 is 9.47 Å². The zero-order valence-corrected chi connectivity index (χ0v) is 29.2. The maximum Gasteiger partial charge on any atom is 0.178 e. The molecule has 5 heteroatoms. The summed E-state index contributed by atoms with van der Waals surface area (Å²) in [6.07, 6.45) is 0. The first kappa shape index (κ1) is 30.9. The fraction of sp³-hybridized carbons (Fsp3) is 0.0625. The lowest BCUT2D eigenvalue weighted by atomic mass is 9.82. The standard InChI is InChI=1S/C48H33N3O2/c1-48(2)38-21-10-9-19-37(38)42-39(48)27-28-41-44(42)53-40-22-12-20-36(43(40)52-41)34-17-11-18-35(29-34)47-50-45(32-15-7-4-8-16-32)49-46(51-47)33-25-23-31(24-26-33)30-13-5-3-6-14-30/h3-29H,1-2H3. The Kier molecular flexibility index (Phi) is 7.08. The normalized spacial score (nSPS) is 13.2. The molecule has 0 N–H and O–H groups in total. The van der Waals surface area contributed by atoms with Crippen molar-refractivity contribution in [2.45, 2.75) is 19.3 Å². The lowest BCUT2D eigenvalue weighted by Gasteiger charge is -2.26. The molecule has 0 fully saturated rings. The highest BCUT2D eigenvalue weighted by Gasteiger charge is 2.39. The van der Waals surface area contributed by atoms with Gasteiger partial charge in [0.15, 0.2) is 40.5 Å². The van der Waals surface area contributed by atoms with E-state index in [-0.39, 0.29) is 5.41 Å². The maximum atomic E-state index is 6.76. The molecule has 1 aliphatic carbocycles. The Hall–Kier alpha value is -6.85. The molecule has 8 aromatic rings. The second-order valence-electron chi connectivity index (χ2n) is 14.0. The monoisotopic (exact) mass is 683 g/mol. The third kappa shape index (κ3) is 5.20. The Morgan fingerprint density at radius 3 is 1.64 bits per heavy atom. The molecule has 0 bridgehead atoms. The van der Waals surface area contributed by atoms with Crippen molar-refractivity contribution in [3.05, 3.63) is 175 Å². The lowest BCUT2D eigenvalue weighted by Crippen LogP contribution is -2.15. The summed E-state index contributed by atoms with van der Waals surface area (Å²) in [7, 11) is 0. The van der Waals surface area contributed by atoms with Gasteiger partial charge in [0, 0.05) is 33.2 Å². The SMILES string of the molecule is CC1(C)c2ccccc2-c2c1ccc1c2Oc2cccc(-c3cccc(-c4nc(-c5ccccc5)nc(-c5ccc(-c6ccccc6)cc5)n4)c3)c2O1. The van der Waals surface area contributed by atoms with Crippen LogP contribution in [0.5, 0.6) is 23.0 Å². The molecule has 10 rings (SSSR count). The van der Waals surface area contributed by atoms with Crippen LogP contribution in [0.4, 0.5) is 0 Å². The van der Waals surface area contributed by atoms with Crippen molar-refractivity contribution in [2.24, 2.45) is 0 Å². The molecular formula is C48H33N3O2. The van der Waals surface area contributed by atoms with Gasteiger partial charge in [-0.15, -0.1) is 0 Å². The summed E-state index contributed by atoms with van der Waals surface area (Å²) in [5, 5.41) is 0. The van der Waals surface area contributed by atoms with Crippen LogP contribution in [-0.4, -0.2) is 15.0 Å². The number of aromatic nitrogens is 3. The van der Waals surface area contributed by atoms with Gasteiger partial charge >= 0.3 is 0 Å². The number of hydrogen-bond acceptors (Lipinski definition) is 5. The van der Waals surface area contributed by atoms with E-state index in [1.807, 2.05) is 66.7 Å². The molecule has 0 radical (unpaired) electrons. The van der Waals surface area contributed by atoms with E-state index in [0.717, 1.165) is 50.3 Å². The van der Waals surface area contributed by atoms with Gasteiger partial charge in [-0.2, -0.15) is 0 Å². The van der Waals surface area contributed by atoms with Crippen LogP contribution in [0, 0.1) is 0 Å². The van der Waals surface area contributed by atoms with Gasteiger partial charge < -0.3 is 9.47 Å². The van der Waals surface area contributed by atoms with Crippen LogP contribution in [0.1, 0.15) is 25.0 Å². The summed E-state index contributed by atoms with van der Waals surface area (Å²) in [5.41, 5.74) is 11.6. The van der Waals surface area contributed by atoms with Gasteiger partial charge in [0.2, 0.25) is 0 Å². The second kappa shape index (κ2) is 12.1. The molecule has 1 aromatic heterocycles. The van der Waals surface area contributed by atoms with Gasteiger partial charge in [-0.1, -0.05) is 159 Å². The fourth-order valence-electron chi connectivity index (χ4n) is 7.69. The molecule has 0 amide bonds. The summed E-state index contributed by atoms with van der Waals surface area (Å²) in [6.45, 7) is 4.54. The first-order chi connectivity index (χ1) is 26.0. The average molecular weight is 684 g/mol. The molecule has 0 spiro atoms. The molecule has 53 heavy (non-hydrogen) atoms. The molecule has 1 aliphatic heterocycles. The molecular weight excluding hydrogens is 651 g/mol. The number of para-hydroxylation sites is 1. The zero-order valence-electron chi connectivity index (χ0n) is 29.2. The molecule has 252 valence electrons. The lowest BCUT2D eigenvalue weighted by molar-refractivity contribution is 0.361. The summed E-state index contributed by atoms with van der Waals surface area (Å²) in [4.78, 5) is 15.0. The molecule has 0 unspecified atom stereocenters. The number of hydrogen-bond donors (Lipinski definition) is 0. The predicted octanol–water partition coefficient (Wildman–Crippen LogP) is 12.4. The van der Waals surface area contributed by atoms with E-state index in [1.165, 1.54) is 16.7 Å². The first-order valence-corrected chi connectivity index (χ1v) is 17.9. The van der Waals surface area contributed by atoms with E-state index in [9.17, 15) is 0 Å². The average Bonchev–Trinajstić information content (AvgIpc) is 3.46. The third-order valence-corrected chi connectivity index (χ3v) is 10.4. The molecule has 0 atom stereocenters. The molecule has 0 saturated heterocycles. The number of ether oxygens (including phenoxy) is 2. The zero-order chi connectivity index (χ0) is 35.5. The van der Waals surface area contributed by atoms with Crippen molar-refractivity contribution >= 4 is 0 Å². The van der Waals surface area contributed by atoms with Crippen molar-refractivity contribution in [2.75, 3.05) is 0 Å². The third-order valence-electron chi connectivity index (χ3n) is 10.4. The topological polar surface area (TPSA) is 57.1 Å². The van der Waals surface area contributed by atoms with E-state index in [1.54, 1.807) is 0 Å². The highest BCUT2D eigenvalue weighted by molar-refractivity contribution is 5.89. The minimum Gasteiger partial charge on any atom is -0.449 e. The summed E-state index contributed by atoms with van der Waals surface area (Å²) in [6, 6.07) is 55.9. The number of fused-ring (bicyclic) bond motifs is 6. The second-order valence-corrected chi connectivity index (χ2v) is 14.0. The Bertz CT molecular complexity index is 2690. The van der Waals surface area contributed by atoms with Crippen LogP contribution >= 0.6 is 0 Å². The summed E-state index contributed by atoms with van der Waals surface area (Å²) < 4.78 is 13.5. The highest BCUT2D eigenvalue weighted by Crippen LogP contribution is 2.59. The van der Waals surface area contributed by atoms with Gasteiger partial charge in [-0.05, 0) is 51.6 Å². The van der Waals surface area contributed by atoms with Gasteiger partial charge in [0.1, 0.15) is 0 Å². The Morgan fingerprint density at radius 1 is 0.377 bits per heavy atom. The smallest absolute Gasteiger partial charge is 0.178 e. The molecule has 7 aromatic carbocycles. The summed E-state index contributed by atoms with van der Waals surface area (Å²) >= 11 is 0. The minimum atomic E-state index is -0.131. The van der Waals surface area contributed by atoms with Crippen molar-refractivity contribution in [1.82, 2.24) is 15.0 Å². The Balaban J connectivity index is 1.04. The van der Waals surface area contributed by atoms with Crippen LogP contribution in [0.25, 0.3) is 67.5 Å². The van der Waals surface area contributed by atoms with Crippen LogP contribution in [0.3, 0.4) is 0 Å². The van der Waals surface area contributed by atoms with Gasteiger partial charge in [0.05, 0.1) is 0 Å². The largest absolute Gasteiger partial charge is 0.449 e. The van der Waals surface area contributed by atoms with E-state index in [4.69, 9.17) is 24.4 Å². The van der Waals surface area contributed by atoms with E-state index >= 15 is 0 Å². The number of rotatable bonds is 5. The van der Waals surface area contributed by atoms with Gasteiger partial charge in [-0.25, -0.2) is 15.0 Å². The minimum absolute atomic E-state index is 0.131. The van der Waals surface area contributed by atoms with Crippen molar-refractivity contribution in [3.63, 3.8) is 0 Å². The highest BCUT2D eigenvalue weighted by atomic mass is 16.6. The Morgan fingerprint density at radius 2 is 0.887 bits per heavy atom. The molecule has 0 saturated carbocycles. The number of nitrogens with zero attached hydrogens (tertiary/aromatic N) is 3. The van der Waals surface area contributed by atoms with E-state index < -0.39 is 0 Å². The quantitative estimate of drug-likeness (QED) is 0.181. The first-order valence-electron chi connectivity index (χ1n) is 17.9. The van der Waals surface area contributed by atoms with Crippen molar-refractivity contribution in [3.8, 4) is 90.5 Å². The predicted molar refractivity (Wildman–Crippen MR) is 211 cm³/mol. The van der Waals surface area contributed by atoms with E-state index in [0.29, 0.717) is 34.7 Å².